The highest BCUT2D eigenvalue weighted by Gasteiger charge is 2.16. The number of ether oxygens (including phenoxy) is 1. The molecule has 4 nitrogen and oxygen atoms in total. The van der Waals surface area contributed by atoms with Crippen LogP contribution < -0.4 is 10.5 Å². The van der Waals surface area contributed by atoms with Gasteiger partial charge in [0.1, 0.15) is 29.0 Å². The summed E-state index contributed by atoms with van der Waals surface area (Å²) < 4.78 is 18.9. The summed E-state index contributed by atoms with van der Waals surface area (Å²) in [5.74, 6) is 0.348. The Labute approximate surface area is 139 Å². The van der Waals surface area contributed by atoms with Crippen molar-refractivity contribution in [2.45, 2.75) is 0 Å². The van der Waals surface area contributed by atoms with Crippen LogP contribution in [0.3, 0.4) is 0 Å². The zero-order chi connectivity index (χ0) is 17.1. The zero-order valence-corrected chi connectivity index (χ0v) is 13.0. The molecule has 0 aliphatic heterocycles. The van der Waals surface area contributed by atoms with E-state index in [9.17, 15) is 9.65 Å². The number of para-hydroxylation sites is 1. The van der Waals surface area contributed by atoms with E-state index in [4.69, 9.17) is 10.5 Å². The molecule has 0 atom stereocenters. The highest BCUT2D eigenvalue weighted by atomic mass is 19.1. The second kappa shape index (κ2) is 6.39. The van der Waals surface area contributed by atoms with Gasteiger partial charge in [0.2, 0.25) is 0 Å². The molecule has 0 saturated heterocycles. The van der Waals surface area contributed by atoms with Crippen molar-refractivity contribution < 1.29 is 9.13 Å². The molecule has 1 aromatic heterocycles. The van der Waals surface area contributed by atoms with Gasteiger partial charge in [-0.1, -0.05) is 30.3 Å². The summed E-state index contributed by atoms with van der Waals surface area (Å²) >= 11 is 0. The number of hydrogen-bond acceptors (Lipinski definition) is 4. The largest absolute Gasteiger partial charge is 0.496 e. The van der Waals surface area contributed by atoms with Gasteiger partial charge in [-0.3, -0.25) is 0 Å². The molecular formula is C19H14FN3O. The van der Waals surface area contributed by atoms with E-state index < -0.39 is 0 Å². The molecule has 0 amide bonds. The predicted octanol–water partition coefficient (Wildman–Crippen LogP) is 4.02. The number of rotatable bonds is 3. The van der Waals surface area contributed by atoms with Gasteiger partial charge in [0.25, 0.3) is 0 Å². The smallest absolute Gasteiger partial charge is 0.142 e. The fourth-order valence-corrected chi connectivity index (χ4v) is 2.56. The average molecular weight is 319 g/mol. The second-order valence-corrected chi connectivity index (χ2v) is 5.14. The molecule has 1 heterocycles. The van der Waals surface area contributed by atoms with Gasteiger partial charge in [0.05, 0.1) is 12.8 Å². The van der Waals surface area contributed by atoms with Crippen LogP contribution in [0, 0.1) is 17.1 Å². The minimum Gasteiger partial charge on any atom is -0.496 e. The third-order valence-corrected chi connectivity index (χ3v) is 3.68. The van der Waals surface area contributed by atoms with Crippen LogP contribution in [-0.2, 0) is 0 Å². The topological polar surface area (TPSA) is 71.9 Å². The van der Waals surface area contributed by atoms with Crippen molar-refractivity contribution in [3.63, 3.8) is 0 Å². The first-order valence-electron chi connectivity index (χ1n) is 7.24. The maximum atomic E-state index is 13.5. The first-order chi connectivity index (χ1) is 11.6. The lowest BCUT2D eigenvalue weighted by molar-refractivity contribution is 0.416. The number of benzene rings is 2. The Kier molecular flexibility index (Phi) is 4.13. The number of halogens is 1. The van der Waals surface area contributed by atoms with Crippen molar-refractivity contribution >= 4 is 5.82 Å². The maximum Gasteiger partial charge on any atom is 0.142 e. The molecular weight excluding hydrogens is 305 g/mol. The van der Waals surface area contributed by atoms with Crippen LogP contribution in [-0.4, -0.2) is 12.1 Å². The Morgan fingerprint density at radius 3 is 2.58 bits per heavy atom. The number of aromatic nitrogens is 1. The van der Waals surface area contributed by atoms with Crippen LogP contribution in [0.1, 0.15) is 5.56 Å². The third-order valence-electron chi connectivity index (χ3n) is 3.68. The minimum absolute atomic E-state index is 0.0974. The average Bonchev–Trinajstić information content (AvgIpc) is 2.61. The Bertz CT molecular complexity index is 948. The molecule has 0 aliphatic carbocycles. The highest BCUT2D eigenvalue weighted by molar-refractivity contribution is 5.82. The Morgan fingerprint density at radius 2 is 1.88 bits per heavy atom. The number of hydrogen-bond donors (Lipinski definition) is 1. The summed E-state index contributed by atoms with van der Waals surface area (Å²) in [5, 5.41) is 9.46. The van der Waals surface area contributed by atoms with Crippen molar-refractivity contribution in [2.75, 3.05) is 12.8 Å². The van der Waals surface area contributed by atoms with Crippen molar-refractivity contribution in [1.82, 2.24) is 4.98 Å². The van der Waals surface area contributed by atoms with Crippen LogP contribution in [0.15, 0.2) is 54.6 Å². The lowest BCUT2D eigenvalue weighted by atomic mass is 9.97. The number of methoxy groups -OCH3 is 1. The second-order valence-electron chi connectivity index (χ2n) is 5.14. The first kappa shape index (κ1) is 15.5. The summed E-state index contributed by atoms with van der Waals surface area (Å²) in [4.78, 5) is 4.24. The van der Waals surface area contributed by atoms with Crippen molar-refractivity contribution in [1.29, 1.82) is 5.26 Å². The molecule has 0 bridgehead atoms. The molecule has 118 valence electrons. The van der Waals surface area contributed by atoms with Gasteiger partial charge in [0.15, 0.2) is 0 Å². The van der Waals surface area contributed by atoms with Gasteiger partial charge in [-0.15, -0.1) is 0 Å². The summed E-state index contributed by atoms with van der Waals surface area (Å²) in [6.07, 6.45) is 0. The third kappa shape index (κ3) is 2.77. The molecule has 3 aromatic rings. The molecule has 0 spiro atoms. The van der Waals surface area contributed by atoms with E-state index in [2.05, 4.69) is 11.1 Å². The van der Waals surface area contributed by atoms with Crippen molar-refractivity contribution in [3.8, 4) is 34.2 Å². The van der Waals surface area contributed by atoms with E-state index in [1.165, 1.54) is 12.1 Å². The van der Waals surface area contributed by atoms with Gasteiger partial charge < -0.3 is 10.5 Å². The number of anilines is 1. The van der Waals surface area contributed by atoms with E-state index in [0.29, 0.717) is 22.6 Å². The molecule has 0 saturated carbocycles. The molecule has 0 radical (unpaired) electrons. The highest BCUT2D eigenvalue weighted by Crippen LogP contribution is 2.36. The molecule has 5 heteroatoms. The number of pyridine rings is 1. The standard InChI is InChI=1S/C19H14FN3O/c1-24-18-8-3-2-7-14(18)15-10-17(23-19(22)16(15)11-21)12-5-4-6-13(20)9-12/h2-10H,1H3,(H2,22,23). The Morgan fingerprint density at radius 1 is 1.08 bits per heavy atom. The minimum atomic E-state index is -0.365. The monoisotopic (exact) mass is 319 g/mol. The van der Waals surface area contributed by atoms with E-state index in [1.807, 2.05) is 18.2 Å². The number of nitrogens with two attached hydrogens (primary N) is 1. The predicted molar refractivity (Wildman–Crippen MR) is 90.7 cm³/mol. The van der Waals surface area contributed by atoms with E-state index in [1.54, 1.807) is 31.4 Å². The zero-order valence-electron chi connectivity index (χ0n) is 13.0. The van der Waals surface area contributed by atoms with E-state index in [0.717, 1.165) is 5.56 Å². The summed E-state index contributed by atoms with van der Waals surface area (Å²) in [5.41, 5.74) is 8.63. The van der Waals surface area contributed by atoms with Gasteiger partial charge in [0, 0.05) is 16.7 Å². The molecule has 0 aliphatic rings. The van der Waals surface area contributed by atoms with Gasteiger partial charge in [-0.05, 0) is 24.3 Å². The first-order valence-corrected chi connectivity index (χ1v) is 7.24. The quantitative estimate of drug-likeness (QED) is 0.791. The maximum absolute atomic E-state index is 13.5. The summed E-state index contributed by atoms with van der Waals surface area (Å²) in [7, 11) is 1.56. The summed E-state index contributed by atoms with van der Waals surface area (Å²) in [6.45, 7) is 0. The Balaban J connectivity index is 2.27. The van der Waals surface area contributed by atoms with Crippen molar-refractivity contribution in [2.24, 2.45) is 0 Å². The number of nitriles is 1. The number of nitrogens with zero attached hydrogens (tertiary/aromatic N) is 2. The van der Waals surface area contributed by atoms with Gasteiger partial charge >= 0.3 is 0 Å². The fourth-order valence-electron chi connectivity index (χ4n) is 2.56. The molecule has 2 aromatic carbocycles. The SMILES string of the molecule is COc1ccccc1-c1cc(-c2cccc(F)c2)nc(N)c1C#N. The van der Waals surface area contributed by atoms with Crippen LogP contribution in [0.5, 0.6) is 5.75 Å². The van der Waals surface area contributed by atoms with E-state index >= 15 is 0 Å². The summed E-state index contributed by atoms with van der Waals surface area (Å²) in [6, 6.07) is 17.2. The molecule has 2 N–H and O–H groups in total. The van der Waals surface area contributed by atoms with Gasteiger partial charge in [-0.2, -0.15) is 5.26 Å². The Hall–Kier alpha value is -3.39. The fraction of sp³-hybridized carbons (Fsp3) is 0.0526. The van der Waals surface area contributed by atoms with E-state index in [-0.39, 0.29) is 17.2 Å². The van der Waals surface area contributed by atoms with Crippen molar-refractivity contribution in [3.05, 3.63) is 66.0 Å². The normalized spacial score (nSPS) is 10.2. The van der Waals surface area contributed by atoms with Gasteiger partial charge in [-0.25, -0.2) is 9.37 Å². The molecule has 0 unspecified atom stereocenters. The van der Waals surface area contributed by atoms with Crippen LogP contribution in [0.25, 0.3) is 22.4 Å². The molecule has 0 fully saturated rings. The lowest BCUT2D eigenvalue weighted by Crippen LogP contribution is -2.00. The lowest BCUT2D eigenvalue weighted by Gasteiger charge is -2.13. The molecule has 24 heavy (non-hydrogen) atoms. The van der Waals surface area contributed by atoms with Crippen LogP contribution >= 0.6 is 0 Å². The number of nitrogen functional groups attached to an aromatic ring is 1. The van der Waals surface area contributed by atoms with Crippen LogP contribution in [0.2, 0.25) is 0 Å². The van der Waals surface area contributed by atoms with Crippen LogP contribution in [0.4, 0.5) is 10.2 Å². The molecule has 3 rings (SSSR count).